The lowest BCUT2D eigenvalue weighted by Crippen LogP contribution is -2.51. The number of hydrogen-bond acceptors (Lipinski definition) is 4. The van der Waals surface area contributed by atoms with Crippen molar-refractivity contribution >= 4 is 17.5 Å². The number of piperidine rings is 1. The molecule has 1 spiro atoms. The fraction of sp³-hybridized carbons (Fsp3) is 0.600. The van der Waals surface area contributed by atoms with Crippen LogP contribution in [0, 0.1) is 11.3 Å². The van der Waals surface area contributed by atoms with Gasteiger partial charge in [-0.05, 0) is 49.9 Å². The van der Waals surface area contributed by atoms with Crippen molar-refractivity contribution in [3.8, 4) is 0 Å². The Kier molecular flexibility index (Phi) is 4.85. The number of benzene rings is 1. The second-order valence-corrected chi connectivity index (χ2v) is 7.79. The minimum absolute atomic E-state index is 0.0334. The normalized spacial score (nSPS) is 24.4. The highest BCUT2D eigenvalue weighted by atomic mass is 16.2. The van der Waals surface area contributed by atoms with Crippen molar-refractivity contribution in [3.63, 3.8) is 0 Å². The fourth-order valence-corrected chi connectivity index (χ4v) is 4.45. The summed E-state index contributed by atoms with van der Waals surface area (Å²) in [6.45, 7) is 5.24. The van der Waals surface area contributed by atoms with Gasteiger partial charge in [-0.1, -0.05) is 18.2 Å². The molecule has 0 aromatic heterocycles. The molecule has 140 valence electrons. The number of nitrogens with zero attached hydrogens (tertiary/aromatic N) is 2. The third-order valence-electron chi connectivity index (χ3n) is 6.27. The van der Waals surface area contributed by atoms with Crippen molar-refractivity contribution in [2.45, 2.75) is 19.3 Å². The summed E-state index contributed by atoms with van der Waals surface area (Å²) in [5.74, 6) is 0.224. The predicted octanol–water partition coefficient (Wildman–Crippen LogP) is 0.841. The van der Waals surface area contributed by atoms with E-state index in [4.69, 9.17) is 0 Å². The number of rotatable bonds is 4. The van der Waals surface area contributed by atoms with Gasteiger partial charge in [-0.3, -0.25) is 9.59 Å². The number of piperazine rings is 1. The number of anilines is 1. The van der Waals surface area contributed by atoms with Crippen LogP contribution in [0.4, 0.5) is 5.69 Å². The van der Waals surface area contributed by atoms with E-state index in [9.17, 15) is 9.59 Å². The molecule has 2 aliphatic heterocycles. The molecule has 2 amide bonds. The summed E-state index contributed by atoms with van der Waals surface area (Å²) in [5.41, 5.74) is 1.42. The zero-order valence-corrected chi connectivity index (χ0v) is 15.2. The molecule has 2 heterocycles. The Bertz CT molecular complexity index is 649. The summed E-state index contributed by atoms with van der Waals surface area (Å²) in [4.78, 5) is 29.0. The standard InChI is InChI=1S/C20H28N4O2/c25-18(15-22-19(26)17-14-20(17)6-8-21-9-7-20)24-12-10-23(11-13-24)16-4-2-1-3-5-16/h1-5,17,21H,6-15H2,(H,22,26). The molecule has 26 heavy (non-hydrogen) atoms. The molecular weight excluding hydrogens is 328 g/mol. The van der Waals surface area contributed by atoms with Gasteiger partial charge in [0.05, 0.1) is 6.54 Å². The molecule has 3 aliphatic rings. The third kappa shape index (κ3) is 3.56. The first-order valence-electron chi connectivity index (χ1n) is 9.74. The molecule has 1 unspecified atom stereocenters. The second kappa shape index (κ2) is 7.27. The van der Waals surface area contributed by atoms with E-state index >= 15 is 0 Å². The van der Waals surface area contributed by atoms with Crippen LogP contribution in [0.1, 0.15) is 19.3 Å². The Hall–Kier alpha value is -2.08. The SMILES string of the molecule is O=C(NCC(=O)N1CCN(c2ccccc2)CC1)C1CC12CCNCC2. The minimum Gasteiger partial charge on any atom is -0.368 e. The zero-order chi connectivity index (χ0) is 18.0. The van der Waals surface area contributed by atoms with Gasteiger partial charge in [-0.2, -0.15) is 0 Å². The fourth-order valence-electron chi connectivity index (χ4n) is 4.45. The van der Waals surface area contributed by atoms with Crippen LogP contribution in [0.25, 0.3) is 0 Å². The number of nitrogens with one attached hydrogen (secondary N) is 2. The molecule has 1 aromatic rings. The van der Waals surface area contributed by atoms with E-state index in [2.05, 4.69) is 27.7 Å². The topological polar surface area (TPSA) is 64.7 Å². The summed E-state index contributed by atoms with van der Waals surface area (Å²) >= 11 is 0. The molecule has 1 aromatic carbocycles. The molecule has 6 nitrogen and oxygen atoms in total. The van der Waals surface area contributed by atoms with Crippen LogP contribution in [-0.2, 0) is 9.59 Å². The second-order valence-electron chi connectivity index (χ2n) is 7.79. The summed E-state index contributed by atoms with van der Waals surface area (Å²) in [7, 11) is 0. The van der Waals surface area contributed by atoms with Crippen LogP contribution in [0.5, 0.6) is 0 Å². The van der Waals surface area contributed by atoms with Crippen LogP contribution in [0.3, 0.4) is 0 Å². The van der Waals surface area contributed by atoms with E-state index in [1.54, 1.807) is 0 Å². The lowest BCUT2D eigenvalue weighted by molar-refractivity contribution is -0.133. The van der Waals surface area contributed by atoms with Gasteiger partial charge in [0.2, 0.25) is 11.8 Å². The highest BCUT2D eigenvalue weighted by Crippen LogP contribution is 2.58. The molecule has 2 saturated heterocycles. The van der Waals surface area contributed by atoms with Gasteiger partial charge in [-0.25, -0.2) is 0 Å². The molecule has 1 saturated carbocycles. The average molecular weight is 356 g/mol. The maximum Gasteiger partial charge on any atom is 0.242 e. The number of para-hydroxylation sites is 1. The van der Waals surface area contributed by atoms with E-state index in [1.807, 2.05) is 23.1 Å². The monoisotopic (exact) mass is 356 g/mol. The maximum absolute atomic E-state index is 12.4. The van der Waals surface area contributed by atoms with Gasteiger partial charge >= 0.3 is 0 Å². The summed E-state index contributed by atoms with van der Waals surface area (Å²) in [5, 5.41) is 6.24. The highest BCUT2D eigenvalue weighted by Gasteiger charge is 2.57. The number of hydrogen-bond donors (Lipinski definition) is 2. The van der Waals surface area contributed by atoms with Gasteiger partial charge < -0.3 is 20.4 Å². The molecule has 0 radical (unpaired) electrons. The van der Waals surface area contributed by atoms with Crippen molar-refractivity contribution in [3.05, 3.63) is 30.3 Å². The Morgan fingerprint density at radius 3 is 2.46 bits per heavy atom. The highest BCUT2D eigenvalue weighted by molar-refractivity contribution is 5.88. The quantitative estimate of drug-likeness (QED) is 0.839. The molecule has 0 bridgehead atoms. The van der Waals surface area contributed by atoms with E-state index in [0.29, 0.717) is 13.1 Å². The Labute approximate surface area is 154 Å². The van der Waals surface area contributed by atoms with E-state index < -0.39 is 0 Å². The zero-order valence-electron chi connectivity index (χ0n) is 15.2. The van der Waals surface area contributed by atoms with Crippen molar-refractivity contribution in [2.24, 2.45) is 11.3 Å². The minimum atomic E-state index is 0.0334. The smallest absolute Gasteiger partial charge is 0.242 e. The third-order valence-corrected chi connectivity index (χ3v) is 6.27. The van der Waals surface area contributed by atoms with Crippen molar-refractivity contribution < 1.29 is 9.59 Å². The van der Waals surface area contributed by atoms with Gasteiger partial charge in [0, 0.05) is 37.8 Å². The van der Waals surface area contributed by atoms with Crippen molar-refractivity contribution in [1.29, 1.82) is 0 Å². The number of carbonyl (C=O) groups is 2. The first kappa shape index (κ1) is 17.3. The Balaban J connectivity index is 1.21. The molecular formula is C20H28N4O2. The van der Waals surface area contributed by atoms with Crippen LogP contribution >= 0.6 is 0 Å². The lowest BCUT2D eigenvalue weighted by atomic mass is 9.92. The molecule has 1 aliphatic carbocycles. The van der Waals surface area contributed by atoms with Gasteiger partial charge in [0.25, 0.3) is 0 Å². The van der Waals surface area contributed by atoms with Crippen molar-refractivity contribution in [1.82, 2.24) is 15.5 Å². The molecule has 1 atom stereocenters. The molecule has 3 fully saturated rings. The largest absolute Gasteiger partial charge is 0.368 e. The summed E-state index contributed by atoms with van der Waals surface area (Å²) in [6, 6.07) is 10.3. The average Bonchev–Trinajstić information content (AvgIpc) is 3.40. The van der Waals surface area contributed by atoms with E-state index in [1.165, 1.54) is 5.69 Å². The first-order valence-corrected chi connectivity index (χ1v) is 9.74. The van der Waals surface area contributed by atoms with Crippen LogP contribution in [0.2, 0.25) is 0 Å². The van der Waals surface area contributed by atoms with Crippen molar-refractivity contribution in [2.75, 3.05) is 50.7 Å². The van der Waals surface area contributed by atoms with Crippen LogP contribution < -0.4 is 15.5 Å². The number of carbonyl (C=O) groups excluding carboxylic acids is 2. The molecule has 6 heteroatoms. The summed E-state index contributed by atoms with van der Waals surface area (Å²) < 4.78 is 0. The van der Waals surface area contributed by atoms with Gasteiger partial charge in [-0.15, -0.1) is 0 Å². The number of amides is 2. The Morgan fingerprint density at radius 1 is 1.08 bits per heavy atom. The van der Waals surface area contributed by atoms with Crippen LogP contribution in [-0.4, -0.2) is 62.5 Å². The summed E-state index contributed by atoms with van der Waals surface area (Å²) in [6.07, 6.45) is 3.16. The first-order chi connectivity index (χ1) is 12.7. The van der Waals surface area contributed by atoms with Gasteiger partial charge in [0.1, 0.15) is 0 Å². The van der Waals surface area contributed by atoms with Gasteiger partial charge in [0.15, 0.2) is 0 Å². The van der Waals surface area contributed by atoms with Crippen LogP contribution in [0.15, 0.2) is 30.3 Å². The molecule has 4 rings (SSSR count). The predicted molar refractivity (Wildman–Crippen MR) is 101 cm³/mol. The lowest BCUT2D eigenvalue weighted by Gasteiger charge is -2.36. The Morgan fingerprint density at radius 2 is 1.77 bits per heavy atom. The van der Waals surface area contributed by atoms with E-state index in [0.717, 1.165) is 45.4 Å². The van der Waals surface area contributed by atoms with E-state index in [-0.39, 0.29) is 29.7 Å². The molecule has 2 N–H and O–H groups in total. The maximum atomic E-state index is 12.4.